The van der Waals surface area contributed by atoms with Gasteiger partial charge >= 0.3 is 5.69 Å². The minimum atomic E-state index is -0.101. The lowest BCUT2D eigenvalue weighted by Crippen LogP contribution is -2.42. The molecule has 0 radical (unpaired) electrons. The van der Waals surface area contributed by atoms with E-state index >= 15 is 0 Å². The van der Waals surface area contributed by atoms with Gasteiger partial charge in [-0.1, -0.05) is 31.2 Å². The van der Waals surface area contributed by atoms with Crippen LogP contribution in [0.25, 0.3) is 21.3 Å². The Kier molecular flexibility index (Phi) is 5.36. The maximum atomic E-state index is 13.2. The number of piperidine rings is 1. The first-order valence-corrected chi connectivity index (χ1v) is 11.8. The number of thiazole rings is 1. The van der Waals surface area contributed by atoms with Crippen molar-refractivity contribution in [2.24, 2.45) is 0 Å². The number of carbonyl (C=O) groups excluding carboxylic acids is 1. The standard InChI is InChI=1S/C24H26N4O2S/c1-2-13-27-19-10-4-5-11-20(19)28(24(27)30)16-22(29)26-14-7-8-17(15-26)23-25-18-9-3-6-12-21(18)31-23/h3-6,9-12,17H,2,7-8,13-16H2,1H3/t17-/m1/s1. The summed E-state index contributed by atoms with van der Waals surface area (Å²) in [5.74, 6) is 0.264. The van der Waals surface area contributed by atoms with Crippen LogP contribution in [0, 0.1) is 0 Å². The van der Waals surface area contributed by atoms with Crippen molar-refractivity contribution in [1.82, 2.24) is 19.0 Å². The number of aryl methyl sites for hydroxylation is 1. The first kappa shape index (κ1) is 20.0. The number of hydrogen-bond donors (Lipinski definition) is 0. The van der Waals surface area contributed by atoms with Crippen LogP contribution in [0.15, 0.2) is 53.3 Å². The fourth-order valence-electron chi connectivity index (χ4n) is 4.57. The van der Waals surface area contributed by atoms with Gasteiger partial charge in [0.25, 0.3) is 0 Å². The highest BCUT2D eigenvalue weighted by Crippen LogP contribution is 2.33. The maximum absolute atomic E-state index is 13.2. The molecule has 3 heterocycles. The predicted molar refractivity (Wildman–Crippen MR) is 125 cm³/mol. The lowest BCUT2D eigenvalue weighted by Gasteiger charge is -2.32. The van der Waals surface area contributed by atoms with Gasteiger partial charge in [-0.25, -0.2) is 9.78 Å². The number of benzene rings is 2. The predicted octanol–water partition coefficient (Wildman–Crippen LogP) is 4.23. The summed E-state index contributed by atoms with van der Waals surface area (Å²) >= 11 is 1.73. The molecule has 0 aliphatic carbocycles. The van der Waals surface area contributed by atoms with Gasteiger partial charge in [0, 0.05) is 25.6 Å². The topological polar surface area (TPSA) is 60.1 Å². The first-order valence-electron chi connectivity index (χ1n) is 11.0. The van der Waals surface area contributed by atoms with Crippen molar-refractivity contribution in [3.63, 3.8) is 0 Å². The van der Waals surface area contributed by atoms with Gasteiger partial charge in [0.1, 0.15) is 6.54 Å². The Morgan fingerprint density at radius 1 is 1.10 bits per heavy atom. The van der Waals surface area contributed by atoms with Gasteiger partial charge in [-0.2, -0.15) is 0 Å². The maximum Gasteiger partial charge on any atom is 0.329 e. The van der Waals surface area contributed by atoms with Crippen molar-refractivity contribution in [3.05, 3.63) is 64.0 Å². The van der Waals surface area contributed by atoms with Gasteiger partial charge in [-0.3, -0.25) is 13.9 Å². The van der Waals surface area contributed by atoms with E-state index in [-0.39, 0.29) is 24.1 Å². The number of amides is 1. The second kappa shape index (κ2) is 8.30. The molecule has 5 rings (SSSR count). The highest BCUT2D eigenvalue weighted by molar-refractivity contribution is 7.18. The van der Waals surface area contributed by atoms with E-state index in [0.717, 1.165) is 47.4 Å². The molecule has 2 aromatic carbocycles. The van der Waals surface area contributed by atoms with Crippen LogP contribution in [0.1, 0.15) is 37.1 Å². The Balaban J connectivity index is 1.38. The highest BCUT2D eigenvalue weighted by atomic mass is 32.1. The van der Waals surface area contributed by atoms with Crippen LogP contribution in [-0.2, 0) is 17.9 Å². The van der Waals surface area contributed by atoms with Crippen molar-refractivity contribution < 1.29 is 4.79 Å². The molecule has 4 aromatic rings. The van der Waals surface area contributed by atoms with E-state index < -0.39 is 0 Å². The van der Waals surface area contributed by atoms with Crippen LogP contribution in [0.5, 0.6) is 0 Å². The second-order valence-corrected chi connectivity index (χ2v) is 9.27. The molecule has 0 bridgehead atoms. The van der Waals surface area contributed by atoms with Crippen molar-refractivity contribution in [1.29, 1.82) is 0 Å². The SMILES string of the molecule is CCCn1c(=O)n(CC(=O)N2CCC[C@@H](c3nc4ccccc4s3)C2)c2ccccc21. The van der Waals surface area contributed by atoms with E-state index in [0.29, 0.717) is 13.1 Å². The van der Waals surface area contributed by atoms with Crippen molar-refractivity contribution in [2.45, 2.75) is 45.2 Å². The van der Waals surface area contributed by atoms with E-state index in [9.17, 15) is 9.59 Å². The van der Waals surface area contributed by atoms with E-state index in [2.05, 4.69) is 13.0 Å². The molecule has 1 aliphatic rings. The number of rotatable bonds is 5. The van der Waals surface area contributed by atoms with Crippen LogP contribution in [-0.4, -0.2) is 38.0 Å². The monoisotopic (exact) mass is 434 g/mol. The van der Waals surface area contributed by atoms with Crippen LogP contribution < -0.4 is 5.69 Å². The van der Waals surface area contributed by atoms with Gasteiger partial charge in [0.2, 0.25) is 5.91 Å². The van der Waals surface area contributed by atoms with Crippen molar-refractivity contribution in [3.8, 4) is 0 Å². The molecule has 1 saturated heterocycles. The molecule has 0 unspecified atom stereocenters. The minimum Gasteiger partial charge on any atom is -0.340 e. The van der Waals surface area contributed by atoms with Gasteiger partial charge in [-0.05, 0) is 43.5 Å². The van der Waals surface area contributed by atoms with Crippen molar-refractivity contribution >= 4 is 38.5 Å². The molecule has 2 aromatic heterocycles. The molecule has 31 heavy (non-hydrogen) atoms. The number of likely N-dealkylation sites (tertiary alicyclic amines) is 1. The smallest absolute Gasteiger partial charge is 0.329 e. The number of hydrogen-bond acceptors (Lipinski definition) is 4. The van der Waals surface area contributed by atoms with Crippen LogP contribution in [0.2, 0.25) is 0 Å². The lowest BCUT2D eigenvalue weighted by atomic mass is 9.98. The molecule has 0 N–H and O–H groups in total. The molecule has 0 saturated carbocycles. The van der Waals surface area contributed by atoms with Gasteiger partial charge in [-0.15, -0.1) is 11.3 Å². The van der Waals surface area contributed by atoms with Crippen LogP contribution in [0.3, 0.4) is 0 Å². The second-order valence-electron chi connectivity index (χ2n) is 8.21. The Bertz CT molecular complexity index is 1270. The third-order valence-electron chi connectivity index (χ3n) is 6.10. The number of nitrogens with zero attached hydrogens (tertiary/aromatic N) is 4. The number of fused-ring (bicyclic) bond motifs is 2. The van der Waals surface area contributed by atoms with Gasteiger partial charge in [0.15, 0.2) is 0 Å². The van der Waals surface area contributed by atoms with Crippen LogP contribution in [0.4, 0.5) is 0 Å². The normalized spacial score (nSPS) is 16.9. The third-order valence-corrected chi connectivity index (χ3v) is 7.30. The van der Waals surface area contributed by atoms with Crippen molar-refractivity contribution in [2.75, 3.05) is 13.1 Å². The third kappa shape index (κ3) is 3.67. The summed E-state index contributed by atoms with van der Waals surface area (Å²) in [5, 5.41) is 1.11. The fraction of sp³-hybridized carbons (Fsp3) is 0.375. The zero-order valence-electron chi connectivity index (χ0n) is 17.7. The number of carbonyl (C=O) groups is 1. The summed E-state index contributed by atoms with van der Waals surface area (Å²) in [5.41, 5.74) is 2.65. The average Bonchev–Trinajstić information content (AvgIpc) is 3.35. The quantitative estimate of drug-likeness (QED) is 0.472. The average molecular weight is 435 g/mol. The number of aromatic nitrogens is 3. The summed E-state index contributed by atoms with van der Waals surface area (Å²) < 4.78 is 4.61. The van der Waals surface area contributed by atoms with Gasteiger partial charge < -0.3 is 4.90 Å². The Hall–Kier alpha value is -2.93. The van der Waals surface area contributed by atoms with E-state index in [1.807, 2.05) is 47.4 Å². The molecule has 1 amide bonds. The lowest BCUT2D eigenvalue weighted by molar-refractivity contribution is -0.133. The first-order chi connectivity index (χ1) is 15.2. The zero-order valence-corrected chi connectivity index (χ0v) is 18.5. The summed E-state index contributed by atoms with van der Waals surface area (Å²) in [4.78, 5) is 33.0. The molecule has 1 atom stereocenters. The Morgan fingerprint density at radius 3 is 2.61 bits per heavy atom. The molecule has 1 aliphatic heterocycles. The van der Waals surface area contributed by atoms with E-state index in [4.69, 9.17) is 4.98 Å². The number of imidazole rings is 1. The Morgan fingerprint density at radius 2 is 1.84 bits per heavy atom. The number of para-hydroxylation sites is 3. The minimum absolute atomic E-state index is 0.00677. The van der Waals surface area contributed by atoms with E-state index in [1.54, 1.807) is 20.5 Å². The summed E-state index contributed by atoms with van der Waals surface area (Å²) in [6, 6.07) is 15.9. The molecule has 6 nitrogen and oxygen atoms in total. The largest absolute Gasteiger partial charge is 0.340 e. The molecular weight excluding hydrogens is 408 g/mol. The fourth-order valence-corrected chi connectivity index (χ4v) is 5.66. The molecule has 0 spiro atoms. The summed E-state index contributed by atoms with van der Waals surface area (Å²) in [6.07, 6.45) is 2.87. The molecule has 160 valence electrons. The van der Waals surface area contributed by atoms with Gasteiger partial charge in [0.05, 0.1) is 26.3 Å². The zero-order chi connectivity index (χ0) is 21.4. The highest BCUT2D eigenvalue weighted by Gasteiger charge is 2.28. The molecule has 1 fully saturated rings. The summed E-state index contributed by atoms with van der Waals surface area (Å²) in [7, 11) is 0. The molecular formula is C24H26N4O2S. The summed E-state index contributed by atoms with van der Waals surface area (Å²) in [6.45, 7) is 4.20. The van der Waals surface area contributed by atoms with E-state index in [1.165, 1.54) is 4.70 Å². The van der Waals surface area contributed by atoms with Crippen LogP contribution >= 0.6 is 11.3 Å². The molecule has 7 heteroatoms. The Labute approximate surface area is 184 Å².